The van der Waals surface area contributed by atoms with Crippen molar-refractivity contribution in [2.75, 3.05) is 19.6 Å². The number of benzene rings is 1. The van der Waals surface area contributed by atoms with Crippen LogP contribution in [0.1, 0.15) is 24.8 Å². The highest BCUT2D eigenvalue weighted by Gasteiger charge is 2.10. The molecule has 1 fully saturated rings. The van der Waals surface area contributed by atoms with Gasteiger partial charge in [-0.1, -0.05) is 36.8 Å². The molecule has 1 saturated heterocycles. The van der Waals surface area contributed by atoms with E-state index >= 15 is 0 Å². The molecule has 0 radical (unpaired) electrons. The van der Waals surface area contributed by atoms with E-state index in [-0.39, 0.29) is 0 Å². The van der Waals surface area contributed by atoms with Crippen molar-refractivity contribution in [2.45, 2.75) is 31.7 Å². The Hall–Kier alpha value is -0.860. The molecule has 16 heavy (non-hydrogen) atoms. The normalized spacial score (nSPS) is 20.9. The molecule has 2 heteroatoms. The second kappa shape index (κ2) is 6.66. The molecule has 88 valence electrons. The molecular weight excluding hydrogens is 196 g/mol. The number of nitrogens with one attached hydrogen (secondary N) is 2. The second-order valence-corrected chi connectivity index (χ2v) is 4.59. The second-order valence-electron chi connectivity index (χ2n) is 4.59. The van der Waals surface area contributed by atoms with Crippen LogP contribution >= 0.6 is 0 Å². The summed E-state index contributed by atoms with van der Waals surface area (Å²) in [6.07, 6.45) is 5.16. The van der Waals surface area contributed by atoms with Gasteiger partial charge in [-0.25, -0.2) is 0 Å². The van der Waals surface area contributed by atoms with E-state index in [1.807, 2.05) is 0 Å². The summed E-state index contributed by atoms with van der Waals surface area (Å²) in [4.78, 5) is 0. The van der Waals surface area contributed by atoms with Crippen molar-refractivity contribution in [3.63, 3.8) is 0 Å². The molecule has 1 aliphatic rings. The van der Waals surface area contributed by atoms with Crippen molar-refractivity contribution in [3.8, 4) is 0 Å². The fraction of sp³-hybridized carbons (Fsp3) is 0.571. The third-order valence-electron chi connectivity index (χ3n) is 3.24. The molecular formula is C14H22N2. The number of hydrogen-bond donors (Lipinski definition) is 2. The Balaban J connectivity index is 1.58. The minimum Gasteiger partial charge on any atom is -0.314 e. The van der Waals surface area contributed by atoms with Gasteiger partial charge < -0.3 is 10.6 Å². The van der Waals surface area contributed by atoms with Gasteiger partial charge in [-0.3, -0.25) is 0 Å². The van der Waals surface area contributed by atoms with E-state index in [0.717, 1.165) is 19.6 Å². The lowest BCUT2D eigenvalue weighted by atomic mass is 10.0. The van der Waals surface area contributed by atoms with Crippen LogP contribution in [0.2, 0.25) is 0 Å². The van der Waals surface area contributed by atoms with E-state index in [2.05, 4.69) is 41.0 Å². The summed E-state index contributed by atoms with van der Waals surface area (Å²) in [6.45, 7) is 3.40. The summed E-state index contributed by atoms with van der Waals surface area (Å²) in [5, 5.41) is 6.99. The van der Waals surface area contributed by atoms with Crippen LogP contribution in [0.4, 0.5) is 0 Å². The van der Waals surface area contributed by atoms with Crippen molar-refractivity contribution < 1.29 is 0 Å². The third kappa shape index (κ3) is 3.95. The van der Waals surface area contributed by atoms with Crippen molar-refractivity contribution in [2.24, 2.45) is 0 Å². The fourth-order valence-electron chi connectivity index (χ4n) is 2.28. The number of unbranched alkanes of at least 4 members (excludes halogenated alkanes) is 1. The molecule has 0 amide bonds. The Morgan fingerprint density at radius 3 is 2.69 bits per heavy atom. The van der Waals surface area contributed by atoms with Gasteiger partial charge in [0, 0.05) is 25.7 Å². The number of aryl methyl sites for hydroxylation is 1. The van der Waals surface area contributed by atoms with Gasteiger partial charge in [0.15, 0.2) is 0 Å². The zero-order chi connectivity index (χ0) is 11.1. The van der Waals surface area contributed by atoms with E-state index in [0.29, 0.717) is 6.04 Å². The number of rotatable bonds is 5. The molecule has 2 N–H and O–H groups in total. The molecule has 2 nitrogen and oxygen atoms in total. The maximum atomic E-state index is 3.56. The largest absolute Gasteiger partial charge is 0.314 e. The van der Waals surface area contributed by atoms with Crippen LogP contribution in [0, 0.1) is 0 Å². The summed E-state index contributed by atoms with van der Waals surface area (Å²) in [6, 6.07) is 11.5. The van der Waals surface area contributed by atoms with Gasteiger partial charge in [-0.2, -0.15) is 0 Å². The lowest BCUT2D eigenvalue weighted by Crippen LogP contribution is -2.48. The zero-order valence-corrected chi connectivity index (χ0v) is 9.91. The van der Waals surface area contributed by atoms with Gasteiger partial charge in [0.05, 0.1) is 0 Å². The Morgan fingerprint density at radius 1 is 1.06 bits per heavy atom. The minimum absolute atomic E-state index is 0.699. The van der Waals surface area contributed by atoms with Gasteiger partial charge in [0.2, 0.25) is 0 Å². The number of piperazine rings is 1. The fourth-order valence-corrected chi connectivity index (χ4v) is 2.28. The van der Waals surface area contributed by atoms with Crippen molar-refractivity contribution in [3.05, 3.63) is 35.9 Å². The van der Waals surface area contributed by atoms with Crippen molar-refractivity contribution in [1.82, 2.24) is 10.6 Å². The maximum Gasteiger partial charge on any atom is 0.0193 e. The summed E-state index contributed by atoms with van der Waals surface area (Å²) in [5.74, 6) is 0. The van der Waals surface area contributed by atoms with E-state index in [1.165, 1.54) is 31.2 Å². The highest BCUT2D eigenvalue weighted by molar-refractivity contribution is 5.14. The Labute approximate surface area is 98.4 Å². The molecule has 1 unspecified atom stereocenters. The van der Waals surface area contributed by atoms with Crippen LogP contribution in [0.25, 0.3) is 0 Å². The highest BCUT2D eigenvalue weighted by Crippen LogP contribution is 2.08. The smallest absolute Gasteiger partial charge is 0.0193 e. The molecule has 0 bridgehead atoms. The lowest BCUT2D eigenvalue weighted by molar-refractivity contribution is 0.389. The van der Waals surface area contributed by atoms with Crippen LogP contribution in [-0.4, -0.2) is 25.7 Å². The molecule has 1 aromatic rings. The lowest BCUT2D eigenvalue weighted by Gasteiger charge is -2.24. The number of hydrogen-bond acceptors (Lipinski definition) is 2. The standard InChI is InChI=1S/C14H22N2/c1-2-6-13(7-3-1)8-4-5-9-14-12-15-10-11-16-14/h1-3,6-7,14-16H,4-5,8-12H2. The first-order valence-corrected chi connectivity index (χ1v) is 6.43. The van der Waals surface area contributed by atoms with Crippen LogP contribution in [0.3, 0.4) is 0 Å². The minimum atomic E-state index is 0.699. The SMILES string of the molecule is c1ccc(CCCCC2CNCCN2)cc1. The van der Waals surface area contributed by atoms with Gasteiger partial charge in [-0.05, 0) is 24.8 Å². The van der Waals surface area contributed by atoms with E-state index in [1.54, 1.807) is 0 Å². The summed E-state index contributed by atoms with van der Waals surface area (Å²) >= 11 is 0. The van der Waals surface area contributed by atoms with Crippen molar-refractivity contribution in [1.29, 1.82) is 0 Å². The van der Waals surface area contributed by atoms with Gasteiger partial charge in [-0.15, -0.1) is 0 Å². The molecule has 0 saturated carbocycles. The highest BCUT2D eigenvalue weighted by atomic mass is 15.0. The molecule has 1 atom stereocenters. The first-order chi connectivity index (χ1) is 7.95. The molecule has 0 spiro atoms. The van der Waals surface area contributed by atoms with Crippen LogP contribution < -0.4 is 10.6 Å². The first kappa shape index (κ1) is 11.6. The maximum absolute atomic E-state index is 3.56. The predicted octanol–water partition coefficient (Wildman–Crippen LogP) is 1.96. The Kier molecular flexibility index (Phi) is 4.84. The van der Waals surface area contributed by atoms with Gasteiger partial charge in [0.25, 0.3) is 0 Å². The zero-order valence-electron chi connectivity index (χ0n) is 9.91. The van der Waals surface area contributed by atoms with Crippen molar-refractivity contribution >= 4 is 0 Å². The predicted molar refractivity (Wildman–Crippen MR) is 68.7 cm³/mol. The van der Waals surface area contributed by atoms with E-state index in [9.17, 15) is 0 Å². The molecule has 2 rings (SSSR count). The first-order valence-electron chi connectivity index (χ1n) is 6.43. The van der Waals surface area contributed by atoms with Crippen LogP contribution in [0.15, 0.2) is 30.3 Å². The molecule has 0 aliphatic carbocycles. The monoisotopic (exact) mass is 218 g/mol. The van der Waals surface area contributed by atoms with Crippen LogP contribution in [0.5, 0.6) is 0 Å². The Morgan fingerprint density at radius 2 is 1.94 bits per heavy atom. The average Bonchev–Trinajstić information content (AvgIpc) is 2.37. The van der Waals surface area contributed by atoms with Gasteiger partial charge >= 0.3 is 0 Å². The average molecular weight is 218 g/mol. The van der Waals surface area contributed by atoms with E-state index < -0.39 is 0 Å². The summed E-state index contributed by atoms with van der Waals surface area (Å²) < 4.78 is 0. The Bertz CT molecular complexity index is 278. The van der Waals surface area contributed by atoms with Crippen LogP contribution in [-0.2, 0) is 6.42 Å². The van der Waals surface area contributed by atoms with E-state index in [4.69, 9.17) is 0 Å². The molecule has 0 aromatic heterocycles. The molecule has 1 heterocycles. The molecule has 1 aromatic carbocycles. The third-order valence-corrected chi connectivity index (χ3v) is 3.24. The summed E-state index contributed by atoms with van der Waals surface area (Å²) in [7, 11) is 0. The van der Waals surface area contributed by atoms with Gasteiger partial charge in [0.1, 0.15) is 0 Å². The topological polar surface area (TPSA) is 24.1 Å². The molecule has 1 aliphatic heterocycles. The quantitative estimate of drug-likeness (QED) is 0.738. The summed E-state index contributed by atoms with van der Waals surface area (Å²) in [5.41, 5.74) is 1.47.